The molecule has 0 radical (unpaired) electrons. The van der Waals surface area contributed by atoms with Gasteiger partial charge in [0.1, 0.15) is 5.82 Å². The molecule has 3 heteroatoms. The van der Waals surface area contributed by atoms with Crippen LogP contribution in [0, 0.1) is 5.92 Å². The number of aromatic nitrogens is 1. The first kappa shape index (κ1) is 14.6. The Kier molecular flexibility index (Phi) is 5.09. The van der Waals surface area contributed by atoms with Gasteiger partial charge >= 0.3 is 0 Å². The maximum atomic E-state index is 6.03. The van der Waals surface area contributed by atoms with Crippen LogP contribution in [0.2, 0.25) is 0 Å². The molecule has 106 valence electrons. The third kappa shape index (κ3) is 4.10. The van der Waals surface area contributed by atoms with Crippen molar-refractivity contribution in [3.8, 4) is 0 Å². The van der Waals surface area contributed by atoms with E-state index in [0.29, 0.717) is 11.9 Å². The van der Waals surface area contributed by atoms with Crippen LogP contribution in [0.25, 0.3) is 0 Å². The predicted molar refractivity (Wildman–Crippen MR) is 83.0 cm³/mol. The summed E-state index contributed by atoms with van der Waals surface area (Å²) in [7, 11) is 0. The molecule has 0 spiro atoms. The molecule has 1 fully saturated rings. The van der Waals surface area contributed by atoms with Gasteiger partial charge in [0.2, 0.25) is 0 Å². The molecule has 2 rings (SSSR count). The second kappa shape index (κ2) is 6.60. The third-order valence-electron chi connectivity index (χ3n) is 3.65. The van der Waals surface area contributed by atoms with E-state index in [9.17, 15) is 0 Å². The van der Waals surface area contributed by atoms with E-state index in [1.54, 1.807) is 0 Å². The number of alkyl halides is 1. The molecule has 0 N–H and O–H groups in total. The highest BCUT2D eigenvalue weighted by atomic mass is 35.5. The molecule has 1 aliphatic carbocycles. The van der Waals surface area contributed by atoms with Gasteiger partial charge in [-0.15, -0.1) is 11.6 Å². The summed E-state index contributed by atoms with van der Waals surface area (Å²) in [5, 5.41) is 0. The lowest BCUT2D eigenvalue weighted by Gasteiger charge is -2.28. The standard InChI is InChI=1S/C16H25ClN2/c1-4-5-15-8-14(10-17)9-16(18-15)19(12(2)3)11-13-6-7-13/h8-9,12-13H,4-7,10-11H2,1-3H3. The Balaban J connectivity index is 2.25. The van der Waals surface area contributed by atoms with Gasteiger partial charge in [-0.3, -0.25) is 0 Å². The normalized spacial score (nSPS) is 15.0. The van der Waals surface area contributed by atoms with Crippen molar-refractivity contribution in [2.24, 2.45) is 5.92 Å². The lowest BCUT2D eigenvalue weighted by molar-refractivity contribution is 0.634. The lowest BCUT2D eigenvalue weighted by Crippen LogP contribution is -2.33. The van der Waals surface area contributed by atoms with Crippen molar-refractivity contribution in [1.29, 1.82) is 0 Å². The van der Waals surface area contributed by atoms with Gasteiger partial charge in [0, 0.05) is 24.2 Å². The SMILES string of the molecule is CCCc1cc(CCl)cc(N(CC2CC2)C(C)C)n1. The summed E-state index contributed by atoms with van der Waals surface area (Å²) in [6, 6.07) is 4.80. The first-order valence-corrected chi connectivity index (χ1v) is 8.00. The number of nitrogens with zero attached hydrogens (tertiary/aromatic N) is 2. The summed E-state index contributed by atoms with van der Waals surface area (Å²) in [5.41, 5.74) is 2.37. The Morgan fingerprint density at radius 1 is 1.37 bits per heavy atom. The number of anilines is 1. The first-order chi connectivity index (χ1) is 9.13. The predicted octanol–water partition coefficient (Wildman–Crippen LogP) is 4.40. The van der Waals surface area contributed by atoms with Crippen LogP contribution in [0.5, 0.6) is 0 Å². The molecule has 0 aromatic carbocycles. The van der Waals surface area contributed by atoms with E-state index >= 15 is 0 Å². The van der Waals surface area contributed by atoms with Crippen LogP contribution in [0.3, 0.4) is 0 Å². The van der Waals surface area contributed by atoms with Crippen LogP contribution >= 0.6 is 11.6 Å². The average Bonchev–Trinajstić information content (AvgIpc) is 3.19. The van der Waals surface area contributed by atoms with E-state index in [-0.39, 0.29) is 0 Å². The van der Waals surface area contributed by atoms with E-state index in [0.717, 1.165) is 31.1 Å². The molecule has 0 amide bonds. The molecule has 1 aromatic rings. The molecule has 0 aliphatic heterocycles. The van der Waals surface area contributed by atoms with Crippen LogP contribution in [0.15, 0.2) is 12.1 Å². The summed E-state index contributed by atoms with van der Waals surface area (Å²) in [4.78, 5) is 7.28. The highest BCUT2D eigenvalue weighted by Crippen LogP contribution is 2.32. The average molecular weight is 281 g/mol. The van der Waals surface area contributed by atoms with Crippen molar-refractivity contribution in [3.63, 3.8) is 0 Å². The number of aryl methyl sites for hydroxylation is 1. The second-order valence-electron chi connectivity index (χ2n) is 5.90. The molecule has 1 aromatic heterocycles. The summed E-state index contributed by atoms with van der Waals surface area (Å²) in [6.45, 7) is 7.83. The zero-order valence-electron chi connectivity index (χ0n) is 12.3. The van der Waals surface area contributed by atoms with Gasteiger partial charge in [-0.2, -0.15) is 0 Å². The summed E-state index contributed by atoms with van der Waals surface area (Å²) >= 11 is 6.03. The molecule has 2 nitrogen and oxygen atoms in total. The topological polar surface area (TPSA) is 16.1 Å². The van der Waals surface area contributed by atoms with E-state index in [4.69, 9.17) is 16.6 Å². The van der Waals surface area contributed by atoms with Gasteiger partial charge in [0.15, 0.2) is 0 Å². The molecular formula is C16H25ClN2. The number of halogens is 1. The Morgan fingerprint density at radius 3 is 2.63 bits per heavy atom. The Hall–Kier alpha value is -0.760. The van der Waals surface area contributed by atoms with Crippen LogP contribution in [0.1, 0.15) is 51.3 Å². The van der Waals surface area contributed by atoms with Gasteiger partial charge < -0.3 is 4.90 Å². The lowest BCUT2D eigenvalue weighted by atomic mass is 10.1. The number of hydrogen-bond acceptors (Lipinski definition) is 2. The second-order valence-corrected chi connectivity index (χ2v) is 6.17. The zero-order chi connectivity index (χ0) is 13.8. The van der Waals surface area contributed by atoms with E-state index in [1.807, 2.05) is 0 Å². The highest BCUT2D eigenvalue weighted by Gasteiger charge is 2.26. The fraction of sp³-hybridized carbons (Fsp3) is 0.688. The van der Waals surface area contributed by atoms with Crippen LogP contribution < -0.4 is 4.90 Å². The fourth-order valence-electron chi connectivity index (χ4n) is 2.39. The maximum absolute atomic E-state index is 6.03. The molecule has 0 bridgehead atoms. The van der Waals surface area contributed by atoms with Gasteiger partial charge in [0.05, 0.1) is 0 Å². The fourth-order valence-corrected chi connectivity index (χ4v) is 2.54. The van der Waals surface area contributed by atoms with Crippen molar-refractivity contribution >= 4 is 17.4 Å². The summed E-state index contributed by atoms with van der Waals surface area (Å²) in [5.74, 6) is 2.56. The van der Waals surface area contributed by atoms with Crippen molar-refractivity contribution in [2.75, 3.05) is 11.4 Å². The summed E-state index contributed by atoms with van der Waals surface area (Å²) < 4.78 is 0. The van der Waals surface area contributed by atoms with Crippen molar-refractivity contribution in [3.05, 3.63) is 23.4 Å². The maximum Gasteiger partial charge on any atom is 0.129 e. The summed E-state index contributed by atoms with van der Waals surface area (Å²) in [6.07, 6.45) is 4.91. The Labute approximate surface area is 122 Å². The van der Waals surface area contributed by atoms with Crippen molar-refractivity contribution < 1.29 is 0 Å². The number of hydrogen-bond donors (Lipinski definition) is 0. The monoisotopic (exact) mass is 280 g/mol. The van der Waals surface area contributed by atoms with Gasteiger partial charge in [-0.25, -0.2) is 4.98 Å². The van der Waals surface area contributed by atoms with E-state index in [2.05, 4.69) is 37.8 Å². The molecule has 19 heavy (non-hydrogen) atoms. The largest absolute Gasteiger partial charge is 0.354 e. The van der Waals surface area contributed by atoms with Crippen LogP contribution in [0.4, 0.5) is 5.82 Å². The minimum atomic E-state index is 0.494. The minimum absolute atomic E-state index is 0.494. The molecule has 1 aliphatic rings. The third-order valence-corrected chi connectivity index (χ3v) is 3.96. The highest BCUT2D eigenvalue weighted by molar-refractivity contribution is 6.17. The van der Waals surface area contributed by atoms with Crippen LogP contribution in [-0.4, -0.2) is 17.6 Å². The smallest absolute Gasteiger partial charge is 0.129 e. The molecule has 1 heterocycles. The number of pyridine rings is 1. The molecule has 0 saturated heterocycles. The van der Waals surface area contributed by atoms with Crippen molar-refractivity contribution in [2.45, 2.75) is 58.4 Å². The zero-order valence-corrected chi connectivity index (χ0v) is 13.1. The van der Waals surface area contributed by atoms with Gasteiger partial charge in [0.25, 0.3) is 0 Å². The first-order valence-electron chi connectivity index (χ1n) is 7.46. The molecule has 1 saturated carbocycles. The molecule has 0 unspecified atom stereocenters. The van der Waals surface area contributed by atoms with Gasteiger partial charge in [-0.05, 0) is 56.7 Å². The minimum Gasteiger partial charge on any atom is -0.354 e. The van der Waals surface area contributed by atoms with Gasteiger partial charge in [-0.1, -0.05) is 13.3 Å². The van der Waals surface area contributed by atoms with E-state index < -0.39 is 0 Å². The van der Waals surface area contributed by atoms with Crippen molar-refractivity contribution in [1.82, 2.24) is 4.98 Å². The van der Waals surface area contributed by atoms with Crippen LogP contribution in [-0.2, 0) is 12.3 Å². The Bertz CT molecular complexity index is 413. The Morgan fingerprint density at radius 2 is 2.11 bits per heavy atom. The van der Waals surface area contributed by atoms with E-state index in [1.165, 1.54) is 24.1 Å². The quantitative estimate of drug-likeness (QED) is 0.688. The number of rotatable bonds is 7. The molecule has 0 atom stereocenters. The molecular weight excluding hydrogens is 256 g/mol.